The predicted octanol–water partition coefficient (Wildman–Crippen LogP) is 1.39. The Kier molecular flexibility index (Phi) is 4.78. The Labute approximate surface area is 77.8 Å². The van der Waals surface area contributed by atoms with E-state index < -0.39 is 5.97 Å². The van der Waals surface area contributed by atoms with Crippen LogP contribution < -0.4 is 0 Å². The van der Waals surface area contributed by atoms with Crippen molar-refractivity contribution in [3.05, 3.63) is 0 Å². The zero-order valence-electron chi connectivity index (χ0n) is 7.70. The molecule has 4 nitrogen and oxygen atoms in total. The van der Waals surface area contributed by atoms with Gasteiger partial charge in [-0.3, -0.25) is 4.79 Å². The molecule has 4 heteroatoms. The average molecular weight is 188 g/mol. The highest BCUT2D eigenvalue weighted by Crippen LogP contribution is 2.12. The molecule has 0 aromatic rings. The van der Waals surface area contributed by atoms with E-state index in [1.807, 2.05) is 0 Å². The number of ether oxygens (including phenoxy) is 2. The number of carboxylic acid groups (broad SMARTS) is 1. The summed E-state index contributed by atoms with van der Waals surface area (Å²) in [7, 11) is 0. The van der Waals surface area contributed by atoms with Crippen LogP contribution >= 0.6 is 0 Å². The third-order valence-electron chi connectivity index (χ3n) is 2.02. The molecule has 0 aliphatic carbocycles. The smallest absolute Gasteiger partial charge is 0.303 e. The minimum Gasteiger partial charge on any atom is -0.481 e. The van der Waals surface area contributed by atoms with Gasteiger partial charge in [-0.05, 0) is 19.3 Å². The number of carboxylic acids is 1. The summed E-state index contributed by atoms with van der Waals surface area (Å²) in [6.07, 6.45) is 3.80. The second-order valence-electron chi connectivity index (χ2n) is 3.16. The van der Waals surface area contributed by atoms with Gasteiger partial charge in [-0.25, -0.2) is 0 Å². The molecular formula is C9H16O4. The highest BCUT2D eigenvalue weighted by molar-refractivity contribution is 5.66. The molecule has 1 N–H and O–H groups in total. The normalized spacial score (nSPS) is 17.8. The van der Waals surface area contributed by atoms with Crippen LogP contribution in [0.2, 0.25) is 0 Å². The third kappa shape index (κ3) is 4.85. The van der Waals surface area contributed by atoms with Gasteiger partial charge in [-0.2, -0.15) is 0 Å². The minimum absolute atomic E-state index is 0.0372. The fourth-order valence-corrected chi connectivity index (χ4v) is 1.34. The largest absolute Gasteiger partial charge is 0.481 e. The van der Waals surface area contributed by atoms with Gasteiger partial charge in [0.2, 0.25) is 0 Å². The number of carbonyl (C=O) groups is 1. The molecule has 13 heavy (non-hydrogen) atoms. The Morgan fingerprint density at radius 3 is 2.54 bits per heavy atom. The second-order valence-corrected chi connectivity index (χ2v) is 3.16. The summed E-state index contributed by atoms with van der Waals surface area (Å²) in [5.41, 5.74) is 0. The van der Waals surface area contributed by atoms with Gasteiger partial charge in [0.25, 0.3) is 0 Å². The predicted molar refractivity (Wildman–Crippen MR) is 46.4 cm³/mol. The molecule has 0 radical (unpaired) electrons. The van der Waals surface area contributed by atoms with Crippen molar-refractivity contribution in [2.45, 2.75) is 38.4 Å². The van der Waals surface area contributed by atoms with Gasteiger partial charge in [0.05, 0.1) is 13.2 Å². The molecule has 1 rings (SSSR count). The van der Waals surface area contributed by atoms with Crippen molar-refractivity contribution in [2.75, 3.05) is 13.2 Å². The Hall–Kier alpha value is -0.610. The van der Waals surface area contributed by atoms with Gasteiger partial charge in [-0.15, -0.1) is 0 Å². The maximum atomic E-state index is 10.2. The van der Waals surface area contributed by atoms with Gasteiger partial charge in [0.1, 0.15) is 0 Å². The molecule has 0 bridgehead atoms. The quantitative estimate of drug-likeness (QED) is 0.640. The van der Waals surface area contributed by atoms with Crippen LogP contribution in [0.5, 0.6) is 0 Å². The van der Waals surface area contributed by atoms with Crippen molar-refractivity contribution in [3.63, 3.8) is 0 Å². The van der Waals surface area contributed by atoms with Crippen LogP contribution in [0.1, 0.15) is 32.1 Å². The Balaban J connectivity index is 1.86. The number of hydrogen-bond donors (Lipinski definition) is 1. The number of rotatable bonds is 6. The molecule has 1 aliphatic rings. The molecule has 0 unspecified atom stereocenters. The summed E-state index contributed by atoms with van der Waals surface area (Å²) in [5.74, 6) is -0.714. The summed E-state index contributed by atoms with van der Waals surface area (Å²) < 4.78 is 10.5. The molecule has 0 aromatic carbocycles. The average Bonchev–Trinajstić information content (AvgIpc) is 2.55. The molecule has 0 saturated carbocycles. The van der Waals surface area contributed by atoms with Crippen molar-refractivity contribution >= 4 is 5.97 Å². The van der Waals surface area contributed by atoms with Crippen LogP contribution in [0.4, 0.5) is 0 Å². The monoisotopic (exact) mass is 188 g/mol. The van der Waals surface area contributed by atoms with E-state index in [1.165, 1.54) is 0 Å². The Morgan fingerprint density at radius 1 is 1.23 bits per heavy atom. The van der Waals surface area contributed by atoms with Crippen molar-refractivity contribution < 1.29 is 19.4 Å². The van der Waals surface area contributed by atoms with Gasteiger partial charge >= 0.3 is 5.97 Å². The molecular weight excluding hydrogens is 172 g/mol. The maximum absolute atomic E-state index is 10.2. The highest BCUT2D eigenvalue weighted by Gasteiger charge is 2.14. The molecule has 1 saturated heterocycles. The van der Waals surface area contributed by atoms with Crippen molar-refractivity contribution in [3.8, 4) is 0 Å². The second kappa shape index (κ2) is 5.94. The Morgan fingerprint density at radius 2 is 1.92 bits per heavy atom. The zero-order valence-corrected chi connectivity index (χ0v) is 7.70. The minimum atomic E-state index is -0.714. The van der Waals surface area contributed by atoms with E-state index in [4.69, 9.17) is 14.6 Å². The molecule has 0 spiro atoms. The van der Waals surface area contributed by atoms with Gasteiger partial charge in [0, 0.05) is 6.42 Å². The molecule has 1 aliphatic heterocycles. The molecule has 0 amide bonds. The first-order valence-electron chi connectivity index (χ1n) is 4.74. The van der Waals surface area contributed by atoms with E-state index in [0.29, 0.717) is 13.2 Å². The molecule has 1 heterocycles. The topological polar surface area (TPSA) is 55.8 Å². The van der Waals surface area contributed by atoms with E-state index in [-0.39, 0.29) is 12.7 Å². The number of unbranched alkanes of at least 4 members (excludes halogenated alkanes) is 2. The van der Waals surface area contributed by atoms with Crippen molar-refractivity contribution in [2.24, 2.45) is 0 Å². The van der Waals surface area contributed by atoms with Crippen molar-refractivity contribution in [1.29, 1.82) is 0 Å². The molecule has 76 valence electrons. The van der Waals surface area contributed by atoms with Crippen LogP contribution in [0, 0.1) is 0 Å². The zero-order chi connectivity index (χ0) is 9.52. The lowest BCUT2D eigenvalue weighted by molar-refractivity contribution is -0.137. The molecule has 0 aromatic heterocycles. The summed E-state index contributed by atoms with van der Waals surface area (Å²) in [6, 6.07) is 0. The standard InChI is InChI=1S/C9H16O4/c10-8(11)4-2-1-3-5-9-12-6-7-13-9/h9H,1-7H2,(H,10,11). The maximum Gasteiger partial charge on any atom is 0.303 e. The molecule has 0 atom stereocenters. The Bertz CT molecular complexity index is 152. The third-order valence-corrected chi connectivity index (χ3v) is 2.02. The first-order chi connectivity index (χ1) is 6.29. The first-order valence-corrected chi connectivity index (χ1v) is 4.74. The fourth-order valence-electron chi connectivity index (χ4n) is 1.34. The van der Waals surface area contributed by atoms with Gasteiger partial charge in [0.15, 0.2) is 6.29 Å². The number of hydrogen-bond acceptors (Lipinski definition) is 3. The van der Waals surface area contributed by atoms with E-state index in [0.717, 1.165) is 25.7 Å². The first kappa shape index (κ1) is 10.5. The summed E-state index contributed by atoms with van der Waals surface area (Å²) >= 11 is 0. The van der Waals surface area contributed by atoms with Gasteiger partial charge in [-0.1, -0.05) is 6.42 Å². The van der Waals surface area contributed by atoms with Crippen LogP contribution in [0.15, 0.2) is 0 Å². The SMILES string of the molecule is O=C(O)CCCCCC1OCCO1. The van der Waals surface area contributed by atoms with Crippen LogP contribution in [0.3, 0.4) is 0 Å². The van der Waals surface area contributed by atoms with Crippen LogP contribution in [-0.2, 0) is 14.3 Å². The fraction of sp³-hybridized carbons (Fsp3) is 0.889. The van der Waals surface area contributed by atoms with E-state index >= 15 is 0 Å². The van der Waals surface area contributed by atoms with Crippen LogP contribution in [0.25, 0.3) is 0 Å². The highest BCUT2D eigenvalue weighted by atomic mass is 16.7. The number of aliphatic carboxylic acids is 1. The van der Waals surface area contributed by atoms with E-state index in [9.17, 15) is 4.79 Å². The summed E-state index contributed by atoms with van der Waals surface area (Å²) in [5, 5.41) is 8.37. The van der Waals surface area contributed by atoms with Gasteiger partial charge < -0.3 is 14.6 Å². The molecule has 1 fully saturated rings. The van der Waals surface area contributed by atoms with E-state index in [1.54, 1.807) is 0 Å². The van der Waals surface area contributed by atoms with E-state index in [2.05, 4.69) is 0 Å². The lowest BCUT2D eigenvalue weighted by Gasteiger charge is -2.07. The van der Waals surface area contributed by atoms with Crippen LogP contribution in [-0.4, -0.2) is 30.6 Å². The summed E-state index contributed by atoms with van der Waals surface area (Å²) in [6.45, 7) is 1.39. The lowest BCUT2D eigenvalue weighted by Crippen LogP contribution is -2.06. The lowest BCUT2D eigenvalue weighted by atomic mass is 10.1. The summed E-state index contributed by atoms with van der Waals surface area (Å²) in [4.78, 5) is 10.2. The van der Waals surface area contributed by atoms with Crippen molar-refractivity contribution in [1.82, 2.24) is 0 Å².